The van der Waals surface area contributed by atoms with Crippen LogP contribution in [0.2, 0.25) is 0 Å². The van der Waals surface area contributed by atoms with E-state index in [9.17, 15) is 9.59 Å². The molecule has 0 atom stereocenters. The van der Waals surface area contributed by atoms with Gasteiger partial charge in [0, 0.05) is 17.1 Å². The summed E-state index contributed by atoms with van der Waals surface area (Å²) in [5.74, 6) is -0.888. The van der Waals surface area contributed by atoms with Crippen molar-refractivity contribution in [1.29, 1.82) is 0 Å². The van der Waals surface area contributed by atoms with Crippen molar-refractivity contribution in [2.75, 3.05) is 9.80 Å². The lowest BCUT2D eigenvalue weighted by atomic mass is 10.0. The zero-order valence-electron chi connectivity index (χ0n) is 24.5. The molecule has 6 heteroatoms. The van der Waals surface area contributed by atoms with Crippen LogP contribution in [0.25, 0.3) is 22.9 Å². The fourth-order valence-electron chi connectivity index (χ4n) is 5.55. The van der Waals surface area contributed by atoms with Crippen molar-refractivity contribution in [2.45, 2.75) is 27.7 Å². The van der Waals surface area contributed by atoms with E-state index in [1.165, 1.54) is 9.80 Å². The number of aryl methyl sites for hydroxylation is 3. The van der Waals surface area contributed by atoms with Gasteiger partial charge in [-0.05, 0) is 116 Å². The summed E-state index contributed by atoms with van der Waals surface area (Å²) >= 11 is 5.80. The van der Waals surface area contributed by atoms with E-state index in [2.05, 4.69) is 41.0 Å². The first-order chi connectivity index (χ1) is 20.7. The predicted molar refractivity (Wildman–Crippen MR) is 179 cm³/mol. The van der Waals surface area contributed by atoms with Crippen LogP contribution in [-0.4, -0.2) is 21.5 Å². The molecule has 4 aromatic carbocycles. The predicted octanol–water partition coefficient (Wildman–Crippen LogP) is 8.13. The molecule has 6 rings (SSSR count). The first-order valence-electron chi connectivity index (χ1n) is 14.2. The molecule has 43 heavy (non-hydrogen) atoms. The number of hydrogen-bond donors (Lipinski definition) is 0. The van der Waals surface area contributed by atoms with Gasteiger partial charge in [0.25, 0.3) is 11.8 Å². The Morgan fingerprint density at radius 3 is 1.77 bits per heavy atom. The number of anilines is 2. The fraction of sp³-hybridized carbons (Fsp3) is 0.108. The van der Waals surface area contributed by atoms with Gasteiger partial charge in [-0.3, -0.25) is 19.4 Å². The van der Waals surface area contributed by atoms with Crippen LogP contribution in [0.1, 0.15) is 28.1 Å². The maximum Gasteiger partial charge on any atom is 0.270 e. The molecule has 0 saturated carbocycles. The second-order valence-corrected chi connectivity index (χ2v) is 11.2. The SMILES string of the molecule is Cc1ccc(N2C(=O)C(=Cc3cc(C)n(-c4ccc(-c5ccccc5)cc4)c3C)C(=O)N(c3ccccc3)C2=S)cc1C. The van der Waals surface area contributed by atoms with Gasteiger partial charge in [-0.1, -0.05) is 66.7 Å². The van der Waals surface area contributed by atoms with E-state index in [1.807, 2.05) is 100 Å². The Hall–Kier alpha value is -5.07. The second-order valence-electron chi connectivity index (χ2n) is 10.8. The highest BCUT2D eigenvalue weighted by Crippen LogP contribution is 2.32. The molecule has 212 valence electrons. The summed E-state index contributed by atoms with van der Waals surface area (Å²) in [6.07, 6.45) is 1.70. The third-order valence-electron chi connectivity index (χ3n) is 8.02. The standard InChI is InChI=1S/C37H31N3O2S/c1-24-15-18-33(21-25(24)2)40-36(42)34(35(41)39(37(40)43)31-13-9-6-10-14-31)23-30-22-26(3)38(27(30)4)32-19-16-29(17-20-32)28-11-7-5-8-12-28/h5-23H,1-4H3. The molecule has 5 aromatic rings. The van der Waals surface area contributed by atoms with Crippen LogP contribution in [-0.2, 0) is 9.59 Å². The number of aromatic nitrogens is 1. The lowest BCUT2D eigenvalue weighted by molar-refractivity contribution is -0.120. The quantitative estimate of drug-likeness (QED) is 0.120. The van der Waals surface area contributed by atoms with Crippen molar-refractivity contribution in [3.05, 3.63) is 143 Å². The van der Waals surface area contributed by atoms with Gasteiger partial charge in [0.2, 0.25) is 0 Å². The summed E-state index contributed by atoms with van der Waals surface area (Å²) in [6.45, 7) is 8.04. The van der Waals surface area contributed by atoms with Crippen molar-refractivity contribution in [1.82, 2.24) is 4.57 Å². The monoisotopic (exact) mass is 581 g/mol. The van der Waals surface area contributed by atoms with Gasteiger partial charge in [-0.2, -0.15) is 0 Å². The van der Waals surface area contributed by atoms with Crippen molar-refractivity contribution in [2.24, 2.45) is 0 Å². The molecule has 0 bridgehead atoms. The molecular formula is C37H31N3O2S. The molecule has 0 N–H and O–H groups in total. The number of nitrogens with zero attached hydrogens (tertiary/aromatic N) is 3. The first-order valence-corrected chi connectivity index (χ1v) is 14.6. The van der Waals surface area contributed by atoms with E-state index in [1.54, 1.807) is 6.08 Å². The number of benzene rings is 4. The summed E-state index contributed by atoms with van der Waals surface area (Å²) in [7, 11) is 0. The minimum Gasteiger partial charge on any atom is -0.318 e. The molecule has 1 fully saturated rings. The fourth-order valence-corrected chi connectivity index (χ4v) is 5.92. The Morgan fingerprint density at radius 1 is 0.581 bits per heavy atom. The van der Waals surface area contributed by atoms with Gasteiger partial charge >= 0.3 is 0 Å². The lowest BCUT2D eigenvalue weighted by Gasteiger charge is -2.36. The molecule has 2 heterocycles. The molecular weight excluding hydrogens is 550 g/mol. The average molecular weight is 582 g/mol. The van der Waals surface area contributed by atoms with E-state index in [4.69, 9.17) is 12.2 Å². The minimum absolute atomic E-state index is 0.0513. The zero-order valence-corrected chi connectivity index (χ0v) is 25.4. The van der Waals surface area contributed by atoms with Gasteiger partial charge in [0.1, 0.15) is 5.57 Å². The number of thiocarbonyl (C=S) groups is 1. The number of rotatable bonds is 5. The van der Waals surface area contributed by atoms with E-state index in [0.717, 1.165) is 44.9 Å². The largest absolute Gasteiger partial charge is 0.318 e. The number of amides is 2. The Balaban J connectivity index is 1.43. The highest BCUT2D eigenvalue weighted by molar-refractivity contribution is 7.81. The summed E-state index contributed by atoms with van der Waals surface area (Å²) in [5.41, 5.74) is 9.43. The Labute approximate surface area is 257 Å². The number of carbonyl (C=O) groups is 2. The maximum absolute atomic E-state index is 14.1. The smallest absolute Gasteiger partial charge is 0.270 e. The first kappa shape index (κ1) is 28.1. The third-order valence-corrected chi connectivity index (χ3v) is 8.38. The number of hydrogen-bond acceptors (Lipinski definition) is 3. The van der Waals surface area contributed by atoms with Crippen LogP contribution in [0.4, 0.5) is 11.4 Å². The van der Waals surface area contributed by atoms with Crippen LogP contribution in [0.3, 0.4) is 0 Å². The summed E-state index contributed by atoms with van der Waals surface area (Å²) in [6, 6.07) is 35.6. The average Bonchev–Trinajstić information content (AvgIpc) is 3.30. The van der Waals surface area contributed by atoms with E-state index < -0.39 is 11.8 Å². The third kappa shape index (κ3) is 5.11. The van der Waals surface area contributed by atoms with Gasteiger partial charge in [-0.25, -0.2) is 0 Å². The van der Waals surface area contributed by atoms with Gasteiger partial charge in [0.15, 0.2) is 5.11 Å². The molecule has 1 saturated heterocycles. The van der Waals surface area contributed by atoms with Gasteiger partial charge < -0.3 is 4.57 Å². The van der Waals surface area contributed by atoms with Crippen molar-refractivity contribution >= 4 is 46.6 Å². The van der Waals surface area contributed by atoms with Crippen LogP contribution >= 0.6 is 12.2 Å². The molecule has 1 aliphatic rings. The second kappa shape index (κ2) is 11.3. The summed E-state index contributed by atoms with van der Waals surface area (Å²) < 4.78 is 2.14. The number of carbonyl (C=O) groups excluding carboxylic acids is 2. The summed E-state index contributed by atoms with van der Waals surface area (Å²) in [5, 5.41) is 0.130. The Morgan fingerprint density at radius 2 is 1.14 bits per heavy atom. The molecule has 1 aromatic heterocycles. The topological polar surface area (TPSA) is 45.6 Å². The van der Waals surface area contributed by atoms with Crippen LogP contribution in [0.5, 0.6) is 0 Å². The number of para-hydroxylation sites is 1. The zero-order chi connectivity index (χ0) is 30.2. The molecule has 0 unspecified atom stereocenters. The van der Waals surface area contributed by atoms with Gasteiger partial charge in [-0.15, -0.1) is 0 Å². The molecule has 1 aliphatic heterocycles. The molecule has 2 amide bonds. The highest BCUT2D eigenvalue weighted by Gasteiger charge is 2.41. The van der Waals surface area contributed by atoms with E-state index >= 15 is 0 Å². The van der Waals surface area contributed by atoms with Crippen LogP contribution in [0.15, 0.2) is 115 Å². The van der Waals surface area contributed by atoms with Crippen molar-refractivity contribution < 1.29 is 9.59 Å². The van der Waals surface area contributed by atoms with Crippen LogP contribution < -0.4 is 9.80 Å². The molecule has 0 spiro atoms. The van der Waals surface area contributed by atoms with Crippen molar-refractivity contribution in [3.63, 3.8) is 0 Å². The highest BCUT2D eigenvalue weighted by atomic mass is 32.1. The Kier molecular flexibility index (Phi) is 7.38. The van der Waals surface area contributed by atoms with Crippen LogP contribution in [0, 0.1) is 27.7 Å². The van der Waals surface area contributed by atoms with E-state index in [0.29, 0.717) is 11.4 Å². The molecule has 5 nitrogen and oxygen atoms in total. The molecule has 0 aliphatic carbocycles. The normalized spacial score (nSPS) is 14.6. The molecule has 0 radical (unpaired) electrons. The minimum atomic E-state index is -0.446. The van der Waals surface area contributed by atoms with Crippen molar-refractivity contribution in [3.8, 4) is 16.8 Å². The van der Waals surface area contributed by atoms with E-state index in [-0.39, 0.29) is 10.7 Å². The van der Waals surface area contributed by atoms with Gasteiger partial charge in [0.05, 0.1) is 11.4 Å². The lowest BCUT2D eigenvalue weighted by Crippen LogP contribution is -2.57. The summed E-state index contributed by atoms with van der Waals surface area (Å²) in [4.78, 5) is 31.0. The Bertz CT molecular complexity index is 1910. The maximum atomic E-state index is 14.1.